The zero-order valence-electron chi connectivity index (χ0n) is 12.1. The molecule has 0 amide bonds. The molecular formula is C16H13FN4O2. The lowest BCUT2D eigenvalue weighted by Gasteiger charge is -2.02. The molecule has 0 saturated heterocycles. The summed E-state index contributed by atoms with van der Waals surface area (Å²) >= 11 is 0. The lowest BCUT2D eigenvalue weighted by atomic mass is 10.2. The molecule has 3 aromatic rings. The molecule has 0 fully saturated rings. The number of hydrogen-bond donors (Lipinski definition) is 0. The van der Waals surface area contributed by atoms with Gasteiger partial charge in [0.15, 0.2) is 5.69 Å². The monoisotopic (exact) mass is 312 g/mol. The van der Waals surface area contributed by atoms with Crippen LogP contribution in [0.4, 0.5) is 4.39 Å². The predicted octanol–water partition coefficient (Wildman–Crippen LogP) is 2.22. The first-order valence-electron chi connectivity index (χ1n) is 6.91. The van der Waals surface area contributed by atoms with E-state index in [2.05, 4.69) is 15.3 Å². The summed E-state index contributed by atoms with van der Waals surface area (Å²) in [5.41, 5.74) is 1.77. The molecule has 116 valence electrons. The van der Waals surface area contributed by atoms with Crippen molar-refractivity contribution in [3.63, 3.8) is 0 Å². The van der Waals surface area contributed by atoms with Gasteiger partial charge in [-0.05, 0) is 29.3 Å². The highest BCUT2D eigenvalue weighted by molar-refractivity contribution is 5.86. The van der Waals surface area contributed by atoms with Crippen LogP contribution in [0.15, 0.2) is 55.0 Å². The van der Waals surface area contributed by atoms with Gasteiger partial charge in [-0.15, -0.1) is 5.10 Å². The average Bonchev–Trinajstić information content (AvgIpc) is 3.03. The maximum atomic E-state index is 12.8. The molecule has 0 spiro atoms. The number of aromatic nitrogens is 4. The van der Waals surface area contributed by atoms with Gasteiger partial charge >= 0.3 is 5.97 Å². The molecule has 0 bridgehead atoms. The van der Waals surface area contributed by atoms with Crippen LogP contribution in [0, 0.1) is 5.82 Å². The number of ether oxygens (including phenoxy) is 1. The van der Waals surface area contributed by atoms with Crippen molar-refractivity contribution in [2.45, 2.75) is 13.2 Å². The van der Waals surface area contributed by atoms with E-state index in [1.807, 2.05) is 12.1 Å². The number of pyridine rings is 1. The summed E-state index contributed by atoms with van der Waals surface area (Å²) in [7, 11) is 0. The van der Waals surface area contributed by atoms with Crippen molar-refractivity contribution in [2.24, 2.45) is 0 Å². The van der Waals surface area contributed by atoms with E-state index >= 15 is 0 Å². The van der Waals surface area contributed by atoms with Crippen molar-refractivity contribution in [3.05, 3.63) is 77.6 Å². The van der Waals surface area contributed by atoms with Crippen molar-refractivity contribution < 1.29 is 13.9 Å². The van der Waals surface area contributed by atoms with E-state index in [-0.39, 0.29) is 18.1 Å². The fraction of sp³-hybridized carbons (Fsp3) is 0.125. The van der Waals surface area contributed by atoms with E-state index in [1.165, 1.54) is 23.0 Å². The van der Waals surface area contributed by atoms with Crippen LogP contribution < -0.4 is 0 Å². The van der Waals surface area contributed by atoms with Crippen LogP contribution in [0.25, 0.3) is 0 Å². The molecular weight excluding hydrogens is 299 g/mol. The summed E-state index contributed by atoms with van der Waals surface area (Å²) in [6.07, 6.45) is 4.91. The number of benzene rings is 1. The number of carbonyl (C=O) groups is 1. The van der Waals surface area contributed by atoms with E-state index in [4.69, 9.17) is 4.74 Å². The zero-order chi connectivity index (χ0) is 16.1. The van der Waals surface area contributed by atoms with Gasteiger partial charge in [0.1, 0.15) is 12.4 Å². The van der Waals surface area contributed by atoms with E-state index in [0.29, 0.717) is 12.1 Å². The Morgan fingerprint density at radius 1 is 1.17 bits per heavy atom. The highest BCUT2D eigenvalue weighted by Gasteiger charge is 2.12. The minimum absolute atomic E-state index is 0.0502. The molecule has 0 aliphatic carbocycles. The van der Waals surface area contributed by atoms with Crippen LogP contribution in [0.5, 0.6) is 0 Å². The van der Waals surface area contributed by atoms with Crippen molar-refractivity contribution in [1.82, 2.24) is 20.0 Å². The predicted molar refractivity (Wildman–Crippen MR) is 78.9 cm³/mol. The molecule has 0 atom stereocenters. The van der Waals surface area contributed by atoms with Gasteiger partial charge < -0.3 is 4.74 Å². The van der Waals surface area contributed by atoms with Gasteiger partial charge in [0, 0.05) is 12.4 Å². The minimum atomic E-state index is -0.577. The Labute approximate surface area is 131 Å². The van der Waals surface area contributed by atoms with Crippen LogP contribution in [0.1, 0.15) is 21.6 Å². The molecule has 23 heavy (non-hydrogen) atoms. The van der Waals surface area contributed by atoms with Crippen molar-refractivity contribution >= 4 is 5.97 Å². The second kappa shape index (κ2) is 6.78. The Hall–Kier alpha value is -3.09. The third kappa shape index (κ3) is 3.97. The van der Waals surface area contributed by atoms with Crippen LogP contribution in [0.2, 0.25) is 0 Å². The van der Waals surface area contributed by atoms with E-state index in [1.54, 1.807) is 24.5 Å². The van der Waals surface area contributed by atoms with E-state index in [9.17, 15) is 9.18 Å². The zero-order valence-corrected chi connectivity index (χ0v) is 12.1. The molecule has 2 aromatic heterocycles. The average molecular weight is 312 g/mol. The first kappa shape index (κ1) is 14.8. The van der Waals surface area contributed by atoms with Crippen LogP contribution in [-0.2, 0) is 17.9 Å². The highest BCUT2D eigenvalue weighted by atomic mass is 19.1. The molecule has 3 rings (SSSR count). The summed E-state index contributed by atoms with van der Waals surface area (Å²) < 4.78 is 19.5. The summed E-state index contributed by atoms with van der Waals surface area (Å²) in [6.45, 7) is 0.515. The quantitative estimate of drug-likeness (QED) is 0.676. The normalized spacial score (nSPS) is 10.5. The van der Waals surface area contributed by atoms with Crippen molar-refractivity contribution in [2.75, 3.05) is 0 Å². The number of nitrogens with zero attached hydrogens (tertiary/aromatic N) is 4. The van der Waals surface area contributed by atoms with Gasteiger partial charge in [-0.3, -0.25) is 4.98 Å². The van der Waals surface area contributed by atoms with Gasteiger partial charge in [0.05, 0.1) is 12.7 Å². The summed E-state index contributed by atoms with van der Waals surface area (Å²) in [5.74, 6) is -0.912. The molecule has 7 heteroatoms. The van der Waals surface area contributed by atoms with Crippen molar-refractivity contribution in [1.29, 1.82) is 0 Å². The highest BCUT2D eigenvalue weighted by Crippen LogP contribution is 2.07. The third-order valence-corrected chi connectivity index (χ3v) is 3.10. The third-order valence-electron chi connectivity index (χ3n) is 3.10. The Balaban J connectivity index is 1.59. The fourth-order valence-electron chi connectivity index (χ4n) is 1.95. The lowest BCUT2D eigenvalue weighted by Crippen LogP contribution is -2.06. The largest absolute Gasteiger partial charge is 0.456 e. The minimum Gasteiger partial charge on any atom is -0.456 e. The summed E-state index contributed by atoms with van der Waals surface area (Å²) in [5, 5.41) is 7.68. The van der Waals surface area contributed by atoms with Crippen LogP contribution >= 0.6 is 0 Å². The number of carbonyl (C=O) groups excluding carboxylic acids is 1. The van der Waals surface area contributed by atoms with Gasteiger partial charge in [-0.2, -0.15) is 0 Å². The Morgan fingerprint density at radius 2 is 2.00 bits per heavy atom. The van der Waals surface area contributed by atoms with Gasteiger partial charge in [0.2, 0.25) is 0 Å². The molecule has 0 unspecified atom stereocenters. The molecule has 0 radical (unpaired) electrons. The Kier molecular flexibility index (Phi) is 4.37. The number of esters is 1. The smallest absolute Gasteiger partial charge is 0.360 e. The molecule has 0 saturated carbocycles. The summed E-state index contributed by atoms with van der Waals surface area (Å²) in [6, 6.07) is 9.47. The van der Waals surface area contributed by atoms with Gasteiger partial charge in [-0.1, -0.05) is 23.4 Å². The SMILES string of the molecule is O=C(OCc1ccc(F)cc1)c1cn(Cc2cccnc2)nn1. The Bertz CT molecular complexity index is 787. The fourth-order valence-corrected chi connectivity index (χ4v) is 1.95. The summed E-state index contributed by atoms with van der Waals surface area (Å²) in [4.78, 5) is 15.9. The maximum absolute atomic E-state index is 12.8. The first-order chi connectivity index (χ1) is 11.2. The maximum Gasteiger partial charge on any atom is 0.360 e. The molecule has 2 heterocycles. The van der Waals surface area contributed by atoms with E-state index < -0.39 is 5.97 Å². The van der Waals surface area contributed by atoms with Gasteiger partial charge in [0.25, 0.3) is 0 Å². The van der Waals surface area contributed by atoms with Crippen LogP contribution in [-0.4, -0.2) is 25.9 Å². The molecule has 0 aliphatic rings. The first-order valence-corrected chi connectivity index (χ1v) is 6.91. The molecule has 0 N–H and O–H groups in total. The Morgan fingerprint density at radius 3 is 2.74 bits per heavy atom. The standard InChI is InChI=1S/C16H13FN4O2/c17-14-5-3-12(4-6-14)11-23-16(22)15-10-21(20-19-15)9-13-2-1-7-18-8-13/h1-8,10H,9,11H2. The number of hydrogen-bond acceptors (Lipinski definition) is 5. The van der Waals surface area contributed by atoms with E-state index in [0.717, 1.165) is 5.56 Å². The van der Waals surface area contributed by atoms with Crippen LogP contribution in [0.3, 0.4) is 0 Å². The van der Waals surface area contributed by atoms with Crippen molar-refractivity contribution in [3.8, 4) is 0 Å². The van der Waals surface area contributed by atoms with Gasteiger partial charge in [-0.25, -0.2) is 13.9 Å². The molecule has 0 aliphatic heterocycles. The molecule has 6 nitrogen and oxygen atoms in total. The second-order valence-electron chi connectivity index (χ2n) is 4.87. The number of halogens is 1. The molecule has 1 aromatic carbocycles. The topological polar surface area (TPSA) is 69.9 Å². The second-order valence-corrected chi connectivity index (χ2v) is 4.87. The number of rotatable bonds is 5. The lowest BCUT2D eigenvalue weighted by molar-refractivity contribution is 0.0465.